The normalized spacial score (nSPS) is 20.2. The van der Waals surface area contributed by atoms with Crippen molar-refractivity contribution >= 4 is 15.9 Å². The molecule has 5 heteroatoms. The van der Waals surface area contributed by atoms with Crippen LogP contribution in [-0.2, 0) is 6.54 Å². The number of aliphatic hydroxyl groups is 1. The summed E-state index contributed by atoms with van der Waals surface area (Å²) in [5.41, 5.74) is 1.00. The molecule has 2 aromatic rings. The van der Waals surface area contributed by atoms with Gasteiger partial charge in [0.25, 0.3) is 0 Å². The zero-order valence-corrected chi connectivity index (χ0v) is 12.7. The van der Waals surface area contributed by atoms with Crippen LogP contribution in [-0.4, -0.2) is 34.2 Å². The zero-order valence-electron chi connectivity index (χ0n) is 11.1. The first-order chi connectivity index (χ1) is 9.72. The van der Waals surface area contributed by atoms with E-state index in [2.05, 4.69) is 25.8 Å². The fourth-order valence-corrected chi connectivity index (χ4v) is 3.02. The second-order valence-electron chi connectivity index (χ2n) is 5.13. The summed E-state index contributed by atoms with van der Waals surface area (Å²) in [4.78, 5) is 6.53. The van der Waals surface area contributed by atoms with Gasteiger partial charge in [-0.25, -0.2) is 4.98 Å². The molecular formula is C15H17BrN2O2. The molecule has 106 valence electrons. The Morgan fingerprint density at radius 1 is 1.40 bits per heavy atom. The van der Waals surface area contributed by atoms with E-state index in [1.54, 1.807) is 6.20 Å². The second kappa shape index (κ2) is 6.08. The number of piperidine rings is 1. The Balaban J connectivity index is 1.72. The van der Waals surface area contributed by atoms with E-state index in [1.807, 2.05) is 24.3 Å². The van der Waals surface area contributed by atoms with Crippen molar-refractivity contribution in [3.05, 3.63) is 40.8 Å². The maximum absolute atomic E-state index is 9.68. The molecule has 1 aromatic carbocycles. The molecule has 1 aromatic heterocycles. The van der Waals surface area contributed by atoms with Crippen molar-refractivity contribution in [2.45, 2.75) is 25.5 Å². The van der Waals surface area contributed by atoms with E-state index in [1.165, 1.54) is 0 Å². The standard InChI is InChI=1S/C15H17BrN2O2/c16-13-6-2-1-5-12(13)14-8-17-15(20-14)10-18-7-3-4-11(19)9-18/h1-2,5-6,8,11,19H,3-4,7,9-10H2/t11-/m1/s1. The quantitative estimate of drug-likeness (QED) is 0.935. The number of halogens is 1. The molecule has 0 spiro atoms. The monoisotopic (exact) mass is 336 g/mol. The van der Waals surface area contributed by atoms with Crippen molar-refractivity contribution in [3.63, 3.8) is 0 Å². The summed E-state index contributed by atoms with van der Waals surface area (Å²) >= 11 is 3.52. The largest absolute Gasteiger partial charge is 0.439 e. The molecule has 1 fully saturated rings. The van der Waals surface area contributed by atoms with E-state index in [0.717, 1.165) is 35.2 Å². The molecule has 0 bridgehead atoms. The smallest absolute Gasteiger partial charge is 0.209 e. The molecule has 20 heavy (non-hydrogen) atoms. The highest BCUT2D eigenvalue weighted by molar-refractivity contribution is 9.10. The number of hydrogen-bond acceptors (Lipinski definition) is 4. The van der Waals surface area contributed by atoms with E-state index in [0.29, 0.717) is 19.0 Å². The third-order valence-corrected chi connectivity index (χ3v) is 4.22. The SMILES string of the molecule is O[C@@H]1CCCN(Cc2ncc(-c3ccccc3Br)o2)C1. The third-order valence-electron chi connectivity index (χ3n) is 3.53. The molecule has 0 aliphatic carbocycles. The summed E-state index contributed by atoms with van der Waals surface area (Å²) < 4.78 is 6.82. The van der Waals surface area contributed by atoms with Crippen LogP contribution < -0.4 is 0 Å². The minimum Gasteiger partial charge on any atom is -0.439 e. The molecule has 0 unspecified atom stereocenters. The first-order valence-electron chi connectivity index (χ1n) is 6.82. The summed E-state index contributed by atoms with van der Waals surface area (Å²) in [5.74, 6) is 1.47. The van der Waals surface area contributed by atoms with E-state index in [4.69, 9.17) is 4.42 Å². The topological polar surface area (TPSA) is 49.5 Å². The number of β-amino-alcohol motifs (C(OH)–C–C–N with tert-alkyl or cyclic N) is 1. The van der Waals surface area contributed by atoms with Crippen LogP contribution in [0.15, 0.2) is 39.4 Å². The molecule has 0 amide bonds. The van der Waals surface area contributed by atoms with Gasteiger partial charge in [-0.05, 0) is 25.5 Å². The van der Waals surface area contributed by atoms with Crippen LogP contribution >= 0.6 is 15.9 Å². The van der Waals surface area contributed by atoms with Crippen molar-refractivity contribution in [1.29, 1.82) is 0 Å². The van der Waals surface area contributed by atoms with Crippen LogP contribution in [0.2, 0.25) is 0 Å². The minimum absolute atomic E-state index is 0.221. The number of aromatic nitrogens is 1. The lowest BCUT2D eigenvalue weighted by molar-refractivity contribution is 0.0625. The Bertz CT molecular complexity index is 585. The van der Waals surface area contributed by atoms with Gasteiger partial charge in [0.2, 0.25) is 5.89 Å². The van der Waals surface area contributed by atoms with Gasteiger partial charge in [-0.15, -0.1) is 0 Å². The Morgan fingerprint density at radius 3 is 3.05 bits per heavy atom. The number of hydrogen-bond donors (Lipinski definition) is 1. The van der Waals surface area contributed by atoms with Crippen LogP contribution in [0.3, 0.4) is 0 Å². The fraction of sp³-hybridized carbons (Fsp3) is 0.400. The number of nitrogens with zero attached hydrogens (tertiary/aromatic N) is 2. The first-order valence-corrected chi connectivity index (χ1v) is 7.61. The van der Waals surface area contributed by atoms with E-state index in [-0.39, 0.29) is 6.10 Å². The highest BCUT2D eigenvalue weighted by Gasteiger charge is 2.19. The Morgan fingerprint density at radius 2 is 2.25 bits per heavy atom. The summed E-state index contributed by atoms with van der Waals surface area (Å²) in [6.07, 6.45) is 3.46. The van der Waals surface area contributed by atoms with Gasteiger partial charge in [0.1, 0.15) is 0 Å². The van der Waals surface area contributed by atoms with Crippen molar-refractivity contribution in [3.8, 4) is 11.3 Å². The molecule has 3 rings (SSSR count). The molecule has 2 heterocycles. The maximum atomic E-state index is 9.68. The van der Waals surface area contributed by atoms with Crippen LogP contribution in [0, 0.1) is 0 Å². The second-order valence-corrected chi connectivity index (χ2v) is 5.98. The first kappa shape index (κ1) is 13.8. The van der Waals surface area contributed by atoms with Crippen LogP contribution in [0.4, 0.5) is 0 Å². The minimum atomic E-state index is -0.221. The van der Waals surface area contributed by atoms with Gasteiger partial charge in [-0.2, -0.15) is 0 Å². The Hall–Kier alpha value is -1.17. The number of oxazole rings is 1. The summed E-state index contributed by atoms with van der Waals surface area (Å²) in [7, 11) is 0. The number of aliphatic hydroxyl groups excluding tert-OH is 1. The predicted molar refractivity (Wildman–Crippen MR) is 80.2 cm³/mol. The molecule has 1 N–H and O–H groups in total. The lowest BCUT2D eigenvalue weighted by Gasteiger charge is -2.28. The van der Waals surface area contributed by atoms with Gasteiger partial charge in [-0.3, -0.25) is 4.90 Å². The van der Waals surface area contributed by atoms with Gasteiger partial charge in [0.15, 0.2) is 5.76 Å². The molecular weight excluding hydrogens is 320 g/mol. The van der Waals surface area contributed by atoms with Gasteiger partial charge in [-0.1, -0.05) is 34.1 Å². The maximum Gasteiger partial charge on any atom is 0.209 e. The molecule has 0 radical (unpaired) electrons. The third kappa shape index (κ3) is 3.11. The number of rotatable bonds is 3. The molecule has 1 aliphatic heterocycles. The van der Waals surface area contributed by atoms with Gasteiger partial charge in [0, 0.05) is 16.6 Å². The Kier molecular flexibility index (Phi) is 4.19. The highest BCUT2D eigenvalue weighted by atomic mass is 79.9. The van der Waals surface area contributed by atoms with Gasteiger partial charge >= 0.3 is 0 Å². The van der Waals surface area contributed by atoms with Crippen molar-refractivity contribution in [2.75, 3.05) is 13.1 Å². The summed E-state index contributed by atoms with van der Waals surface area (Å²) in [5, 5.41) is 9.68. The highest BCUT2D eigenvalue weighted by Crippen LogP contribution is 2.28. The molecule has 1 atom stereocenters. The zero-order chi connectivity index (χ0) is 13.9. The molecule has 1 aliphatic rings. The average Bonchev–Trinajstić information content (AvgIpc) is 2.87. The van der Waals surface area contributed by atoms with Crippen molar-refractivity contribution < 1.29 is 9.52 Å². The van der Waals surface area contributed by atoms with E-state index >= 15 is 0 Å². The van der Waals surface area contributed by atoms with Crippen molar-refractivity contribution in [1.82, 2.24) is 9.88 Å². The lowest BCUT2D eigenvalue weighted by atomic mass is 10.1. The predicted octanol–water partition coefficient (Wildman–Crippen LogP) is 3.06. The molecule has 4 nitrogen and oxygen atoms in total. The molecule has 1 saturated heterocycles. The Labute approximate surface area is 126 Å². The van der Waals surface area contributed by atoms with Crippen LogP contribution in [0.5, 0.6) is 0 Å². The fourth-order valence-electron chi connectivity index (χ4n) is 2.53. The number of benzene rings is 1. The van der Waals surface area contributed by atoms with E-state index < -0.39 is 0 Å². The van der Waals surface area contributed by atoms with Gasteiger partial charge < -0.3 is 9.52 Å². The summed E-state index contributed by atoms with van der Waals surface area (Å²) in [6, 6.07) is 7.93. The summed E-state index contributed by atoms with van der Waals surface area (Å²) in [6.45, 7) is 2.35. The average molecular weight is 337 g/mol. The van der Waals surface area contributed by atoms with Gasteiger partial charge in [0.05, 0.1) is 18.8 Å². The molecule has 0 saturated carbocycles. The lowest BCUT2D eigenvalue weighted by Crippen LogP contribution is -2.37. The van der Waals surface area contributed by atoms with Crippen molar-refractivity contribution in [2.24, 2.45) is 0 Å². The van der Waals surface area contributed by atoms with E-state index in [9.17, 15) is 5.11 Å². The van der Waals surface area contributed by atoms with Crippen LogP contribution in [0.1, 0.15) is 18.7 Å². The van der Waals surface area contributed by atoms with Crippen LogP contribution in [0.25, 0.3) is 11.3 Å². The number of likely N-dealkylation sites (tertiary alicyclic amines) is 1.